The summed E-state index contributed by atoms with van der Waals surface area (Å²) < 4.78 is 5.54. The number of ether oxygens (including phenoxy) is 1. The van der Waals surface area contributed by atoms with Crippen LogP contribution in [-0.2, 0) is 9.53 Å². The first-order valence-electron chi connectivity index (χ1n) is 6.24. The van der Waals surface area contributed by atoms with Gasteiger partial charge in [-0.3, -0.25) is 4.79 Å². The first-order chi connectivity index (χ1) is 7.03. The summed E-state index contributed by atoms with van der Waals surface area (Å²) in [5.41, 5.74) is -0.0457. The van der Waals surface area contributed by atoms with Gasteiger partial charge in [0.05, 0.1) is 5.41 Å². The Bertz CT molecular complexity index is 253. The van der Waals surface area contributed by atoms with Crippen LogP contribution < -0.4 is 0 Å². The fraction of sp³-hybridized carbons (Fsp3) is 0.923. The average molecular weight is 210 g/mol. The maximum absolute atomic E-state index is 11.8. The molecular weight excluding hydrogens is 188 g/mol. The van der Waals surface area contributed by atoms with Crippen LogP contribution in [0.3, 0.4) is 0 Å². The summed E-state index contributed by atoms with van der Waals surface area (Å²) in [7, 11) is 0. The van der Waals surface area contributed by atoms with Crippen molar-refractivity contribution in [2.75, 3.05) is 0 Å². The van der Waals surface area contributed by atoms with E-state index in [4.69, 9.17) is 4.74 Å². The molecule has 0 aromatic heterocycles. The summed E-state index contributed by atoms with van der Waals surface area (Å²) in [6.07, 6.45) is 5.68. The topological polar surface area (TPSA) is 26.3 Å². The van der Waals surface area contributed by atoms with Crippen molar-refractivity contribution in [3.05, 3.63) is 0 Å². The molecule has 86 valence electrons. The minimum Gasteiger partial charge on any atom is -0.462 e. The minimum atomic E-state index is -0.0457. The van der Waals surface area contributed by atoms with Gasteiger partial charge >= 0.3 is 5.97 Å². The zero-order valence-corrected chi connectivity index (χ0v) is 10.1. The number of carbonyl (C=O) groups is 1. The molecule has 2 rings (SSSR count). The molecule has 1 aliphatic heterocycles. The van der Waals surface area contributed by atoms with E-state index in [-0.39, 0.29) is 17.5 Å². The van der Waals surface area contributed by atoms with E-state index >= 15 is 0 Å². The Hall–Kier alpha value is -0.530. The smallest absolute Gasteiger partial charge is 0.312 e. The van der Waals surface area contributed by atoms with Gasteiger partial charge in [0.1, 0.15) is 6.10 Å². The van der Waals surface area contributed by atoms with E-state index in [0.29, 0.717) is 11.8 Å². The Labute approximate surface area is 92.4 Å². The number of rotatable bonds is 3. The Morgan fingerprint density at radius 3 is 2.47 bits per heavy atom. The van der Waals surface area contributed by atoms with Crippen molar-refractivity contribution >= 4 is 5.97 Å². The van der Waals surface area contributed by atoms with Gasteiger partial charge in [0.15, 0.2) is 0 Å². The fourth-order valence-electron chi connectivity index (χ4n) is 3.00. The van der Waals surface area contributed by atoms with E-state index in [1.54, 1.807) is 0 Å². The molecule has 1 saturated heterocycles. The van der Waals surface area contributed by atoms with Gasteiger partial charge in [0, 0.05) is 6.42 Å². The van der Waals surface area contributed by atoms with Gasteiger partial charge in [-0.05, 0) is 31.1 Å². The molecule has 0 aromatic rings. The van der Waals surface area contributed by atoms with Crippen molar-refractivity contribution < 1.29 is 9.53 Å². The maximum atomic E-state index is 11.8. The van der Waals surface area contributed by atoms with Gasteiger partial charge in [-0.25, -0.2) is 0 Å². The number of hydrogen-bond donors (Lipinski definition) is 0. The summed E-state index contributed by atoms with van der Waals surface area (Å²) in [6, 6.07) is 0. The molecule has 0 bridgehead atoms. The molecule has 0 aromatic carbocycles. The summed E-state index contributed by atoms with van der Waals surface area (Å²) in [6.45, 7) is 6.68. The molecule has 1 unspecified atom stereocenters. The summed E-state index contributed by atoms with van der Waals surface area (Å²) in [5.74, 6) is 1.31. The number of cyclic esters (lactones) is 1. The zero-order chi connectivity index (χ0) is 11.1. The van der Waals surface area contributed by atoms with Crippen molar-refractivity contribution in [3.8, 4) is 0 Å². The Morgan fingerprint density at radius 2 is 2.07 bits per heavy atom. The predicted octanol–water partition coefficient (Wildman–Crippen LogP) is 3.15. The third-order valence-electron chi connectivity index (χ3n) is 4.07. The van der Waals surface area contributed by atoms with Crippen LogP contribution in [0.4, 0.5) is 0 Å². The highest BCUT2D eigenvalue weighted by molar-refractivity contribution is 5.80. The molecule has 0 N–H and O–H groups in total. The van der Waals surface area contributed by atoms with Crippen molar-refractivity contribution in [1.29, 1.82) is 0 Å². The highest BCUT2D eigenvalue weighted by atomic mass is 16.6. The molecule has 2 nitrogen and oxygen atoms in total. The lowest BCUT2D eigenvalue weighted by atomic mass is 9.66. The van der Waals surface area contributed by atoms with Gasteiger partial charge in [-0.15, -0.1) is 0 Å². The van der Waals surface area contributed by atoms with E-state index < -0.39 is 0 Å². The van der Waals surface area contributed by atoms with Crippen LogP contribution in [0, 0.1) is 17.3 Å². The van der Waals surface area contributed by atoms with Gasteiger partial charge in [0.2, 0.25) is 0 Å². The lowest BCUT2D eigenvalue weighted by molar-refractivity contribution is -0.153. The molecule has 1 saturated carbocycles. The number of hydrogen-bond acceptors (Lipinski definition) is 2. The minimum absolute atomic E-state index is 0.0457. The van der Waals surface area contributed by atoms with Crippen LogP contribution in [0.25, 0.3) is 0 Å². The van der Waals surface area contributed by atoms with E-state index in [0.717, 1.165) is 25.7 Å². The van der Waals surface area contributed by atoms with Crippen LogP contribution in [0.5, 0.6) is 0 Å². The summed E-state index contributed by atoms with van der Waals surface area (Å²) >= 11 is 0. The Kier molecular flexibility index (Phi) is 2.78. The van der Waals surface area contributed by atoms with Crippen molar-refractivity contribution in [1.82, 2.24) is 0 Å². The lowest BCUT2D eigenvalue weighted by Crippen LogP contribution is -2.33. The van der Waals surface area contributed by atoms with Crippen molar-refractivity contribution in [3.63, 3.8) is 0 Å². The van der Waals surface area contributed by atoms with Gasteiger partial charge < -0.3 is 4.74 Å². The molecule has 0 amide bonds. The SMILES string of the molecule is CC(C)CC(C)[C@H]1CC2(CCC2)C(=O)O1. The van der Waals surface area contributed by atoms with Gasteiger partial charge in [-0.1, -0.05) is 27.2 Å². The number of carbonyl (C=O) groups excluding carboxylic acids is 1. The van der Waals surface area contributed by atoms with Crippen LogP contribution in [0.2, 0.25) is 0 Å². The third-order valence-corrected chi connectivity index (χ3v) is 4.07. The third kappa shape index (κ3) is 1.91. The number of esters is 1. The molecule has 2 aliphatic rings. The Balaban J connectivity index is 1.93. The second-order valence-electron chi connectivity index (χ2n) is 5.89. The molecule has 1 heterocycles. The predicted molar refractivity (Wildman–Crippen MR) is 59.4 cm³/mol. The highest BCUT2D eigenvalue weighted by Crippen LogP contribution is 2.51. The molecule has 2 heteroatoms. The summed E-state index contributed by atoms with van der Waals surface area (Å²) in [5, 5.41) is 0. The van der Waals surface area contributed by atoms with E-state index in [2.05, 4.69) is 20.8 Å². The van der Waals surface area contributed by atoms with Gasteiger partial charge in [0.25, 0.3) is 0 Å². The first-order valence-corrected chi connectivity index (χ1v) is 6.24. The van der Waals surface area contributed by atoms with Crippen molar-refractivity contribution in [2.45, 2.75) is 59.0 Å². The zero-order valence-electron chi connectivity index (χ0n) is 10.1. The maximum Gasteiger partial charge on any atom is 0.312 e. The van der Waals surface area contributed by atoms with Crippen LogP contribution >= 0.6 is 0 Å². The molecule has 0 radical (unpaired) electrons. The van der Waals surface area contributed by atoms with Gasteiger partial charge in [-0.2, -0.15) is 0 Å². The monoisotopic (exact) mass is 210 g/mol. The summed E-state index contributed by atoms with van der Waals surface area (Å²) in [4.78, 5) is 11.8. The Morgan fingerprint density at radius 1 is 1.40 bits per heavy atom. The molecule has 2 fully saturated rings. The van der Waals surface area contributed by atoms with Crippen LogP contribution in [0.1, 0.15) is 52.9 Å². The van der Waals surface area contributed by atoms with E-state index in [1.807, 2.05) is 0 Å². The molecule has 15 heavy (non-hydrogen) atoms. The first kappa shape index (κ1) is 11.0. The van der Waals surface area contributed by atoms with E-state index in [1.165, 1.54) is 6.42 Å². The second kappa shape index (κ2) is 3.80. The molecule has 1 spiro atoms. The lowest BCUT2D eigenvalue weighted by Gasteiger charge is -2.33. The fourth-order valence-corrected chi connectivity index (χ4v) is 3.00. The van der Waals surface area contributed by atoms with Crippen LogP contribution in [0.15, 0.2) is 0 Å². The quantitative estimate of drug-likeness (QED) is 0.669. The highest BCUT2D eigenvalue weighted by Gasteiger charge is 2.53. The largest absolute Gasteiger partial charge is 0.462 e. The standard InChI is InChI=1S/C13H22O2/c1-9(2)7-10(3)11-8-13(5-4-6-13)12(14)15-11/h9-11H,4-8H2,1-3H3/t10?,11-/m1/s1. The molecule has 2 atom stereocenters. The second-order valence-corrected chi connectivity index (χ2v) is 5.89. The van der Waals surface area contributed by atoms with Crippen molar-refractivity contribution in [2.24, 2.45) is 17.3 Å². The van der Waals surface area contributed by atoms with E-state index in [9.17, 15) is 4.79 Å². The molecule has 1 aliphatic carbocycles. The van der Waals surface area contributed by atoms with Crippen LogP contribution in [-0.4, -0.2) is 12.1 Å². The normalized spacial score (nSPS) is 30.4. The average Bonchev–Trinajstić information content (AvgIpc) is 2.41. The molecular formula is C13H22O2.